The topological polar surface area (TPSA) is 32.3 Å². The van der Waals surface area contributed by atoms with Gasteiger partial charge in [0.2, 0.25) is 0 Å². The van der Waals surface area contributed by atoms with Crippen LogP contribution in [0.2, 0.25) is 0 Å². The molecule has 0 saturated carbocycles. The van der Waals surface area contributed by atoms with Gasteiger partial charge in [-0.15, -0.1) is 37.2 Å². The van der Waals surface area contributed by atoms with E-state index in [1.807, 2.05) is 0 Å². The molecule has 4 aromatic rings. The van der Waals surface area contributed by atoms with Crippen LogP contribution >= 0.6 is 37.2 Å². The predicted octanol–water partition coefficient (Wildman–Crippen LogP) is 8.24. The minimum absolute atomic E-state index is 0. The van der Waals surface area contributed by atoms with Crippen molar-refractivity contribution in [3.8, 4) is 0 Å². The molecular weight excluding hydrogens is 535 g/mol. The first-order valence-corrected chi connectivity index (χ1v) is 13.4. The third kappa shape index (κ3) is 6.30. The number of nitrogens with zero attached hydrogens (tertiary/aromatic N) is 4. The molecule has 38 heavy (non-hydrogen) atoms. The summed E-state index contributed by atoms with van der Waals surface area (Å²) in [6, 6.07) is 18.2. The summed E-state index contributed by atoms with van der Waals surface area (Å²) in [6.07, 6.45) is 8.71. The third-order valence-electron chi connectivity index (χ3n) is 7.90. The number of hydrogen-bond donors (Lipinski definition) is 0. The second-order valence-electron chi connectivity index (χ2n) is 10.6. The van der Waals surface area contributed by atoms with Crippen molar-refractivity contribution in [1.82, 2.24) is 9.97 Å². The van der Waals surface area contributed by atoms with Gasteiger partial charge < -0.3 is 9.80 Å². The Bertz CT molecular complexity index is 1270. The van der Waals surface area contributed by atoms with Crippen LogP contribution in [0.5, 0.6) is 0 Å². The number of anilines is 2. The summed E-state index contributed by atoms with van der Waals surface area (Å²) in [5, 5.41) is 2.54. The van der Waals surface area contributed by atoms with E-state index in [4.69, 9.17) is 9.97 Å². The zero-order valence-corrected chi connectivity index (χ0v) is 24.9. The minimum Gasteiger partial charge on any atom is -0.357 e. The fourth-order valence-corrected chi connectivity index (χ4v) is 5.87. The summed E-state index contributed by atoms with van der Waals surface area (Å²) < 4.78 is 0. The molecule has 4 nitrogen and oxygen atoms in total. The van der Waals surface area contributed by atoms with Gasteiger partial charge in [0.25, 0.3) is 0 Å². The zero-order valence-electron chi connectivity index (χ0n) is 22.4. The van der Waals surface area contributed by atoms with Crippen molar-refractivity contribution in [1.29, 1.82) is 0 Å². The monoisotopic (exact) mass is 572 g/mol. The average molecular weight is 574 g/mol. The molecule has 204 valence electrons. The number of piperidine rings is 2. The molecule has 0 amide bonds. The molecule has 2 aromatic heterocycles. The molecule has 0 unspecified atom stereocenters. The maximum Gasteiger partial charge on any atom is 0.129 e. The molecule has 2 aliphatic heterocycles. The molecule has 0 aliphatic carbocycles. The van der Waals surface area contributed by atoms with Crippen molar-refractivity contribution in [2.45, 2.75) is 58.8 Å². The van der Waals surface area contributed by atoms with E-state index in [2.05, 4.69) is 72.2 Å². The molecule has 7 heteroatoms. The molecule has 0 radical (unpaired) electrons. The number of halogens is 3. The Morgan fingerprint density at radius 2 is 0.947 bits per heavy atom. The molecule has 0 N–H and O–H groups in total. The van der Waals surface area contributed by atoms with Crippen molar-refractivity contribution in [3.05, 3.63) is 70.8 Å². The van der Waals surface area contributed by atoms with E-state index < -0.39 is 0 Å². The molecule has 2 aromatic carbocycles. The standard InChI is InChI=1S/C31H36N4.3ClH/c1-22-17-30(34-13-5-3-6-14-34)32-28-11-9-24(20-26(22)28)19-25-10-12-29-27(21-25)23(2)18-31(33-29)35-15-7-4-8-16-35;;;/h9-12,17-18,20-21H,3-8,13-16,19H2,1-2H3;3*1H. The molecule has 0 spiro atoms. The molecule has 2 aliphatic rings. The van der Waals surface area contributed by atoms with E-state index >= 15 is 0 Å². The van der Waals surface area contributed by atoms with E-state index in [-0.39, 0.29) is 37.2 Å². The smallest absolute Gasteiger partial charge is 0.129 e. The second-order valence-corrected chi connectivity index (χ2v) is 10.6. The van der Waals surface area contributed by atoms with Crippen molar-refractivity contribution >= 4 is 70.7 Å². The van der Waals surface area contributed by atoms with Crippen molar-refractivity contribution in [2.24, 2.45) is 0 Å². The van der Waals surface area contributed by atoms with Gasteiger partial charge in [-0.25, -0.2) is 9.97 Å². The highest BCUT2D eigenvalue weighted by Gasteiger charge is 2.15. The summed E-state index contributed by atoms with van der Waals surface area (Å²) in [5.41, 5.74) is 7.53. The van der Waals surface area contributed by atoms with Gasteiger partial charge in [-0.1, -0.05) is 12.1 Å². The van der Waals surface area contributed by atoms with Crippen LogP contribution < -0.4 is 9.80 Å². The van der Waals surface area contributed by atoms with Crippen molar-refractivity contribution in [2.75, 3.05) is 36.0 Å². The number of hydrogen-bond acceptors (Lipinski definition) is 4. The van der Waals surface area contributed by atoms with E-state index in [0.717, 1.165) is 55.3 Å². The van der Waals surface area contributed by atoms with Gasteiger partial charge in [0.05, 0.1) is 11.0 Å². The number of aromatic nitrogens is 2. The fourth-order valence-electron chi connectivity index (χ4n) is 5.87. The van der Waals surface area contributed by atoms with Gasteiger partial charge in [-0.3, -0.25) is 0 Å². The van der Waals surface area contributed by atoms with Gasteiger partial charge in [0, 0.05) is 37.0 Å². The lowest BCUT2D eigenvalue weighted by atomic mass is 9.98. The second kappa shape index (κ2) is 13.2. The molecule has 0 atom stereocenters. The Kier molecular flexibility index (Phi) is 10.5. The number of aryl methyl sites for hydroxylation is 2. The van der Waals surface area contributed by atoms with E-state index in [1.54, 1.807) is 0 Å². The Morgan fingerprint density at radius 1 is 0.553 bits per heavy atom. The quantitative estimate of drug-likeness (QED) is 0.246. The molecule has 4 heterocycles. The Balaban J connectivity index is 0.00000133. The summed E-state index contributed by atoms with van der Waals surface area (Å²) >= 11 is 0. The van der Waals surface area contributed by atoms with Gasteiger partial charge in [0.1, 0.15) is 11.6 Å². The Hall–Kier alpha value is -2.27. The molecule has 2 fully saturated rings. The number of benzene rings is 2. The number of rotatable bonds is 4. The van der Waals surface area contributed by atoms with Crippen LogP contribution in [0, 0.1) is 13.8 Å². The number of fused-ring (bicyclic) bond motifs is 2. The van der Waals surface area contributed by atoms with Gasteiger partial charge in [-0.05, 0) is 117 Å². The van der Waals surface area contributed by atoms with E-state index in [1.165, 1.54) is 71.6 Å². The first kappa shape index (κ1) is 30.3. The molecule has 2 saturated heterocycles. The SMILES string of the molecule is Cc1cc(N2CCCCC2)nc2ccc(Cc3ccc4nc(N5CCCCC5)cc(C)c4c3)cc12.Cl.Cl.Cl. The van der Waals surface area contributed by atoms with Crippen LogP contribution in [0.25, 0.3) is 21.8 Å². The van der Waals surface area contributed by atoms with Crippen LogP contribution in [0.15, 0.2) is 48.5 Å². The van der Waals surface area contributed by atoms with Crippen LogP contribution in [0.4, 0.5) is 11.6 Å². The van der Waals surface area contributed by atoms with Crippen LogP contribution in [0.3, 0.4) is 0 Å². The van der Waals surface area contributed by atoms with E-state index in [0.29, 0.717) is 0 Å². The summed E-state index contributed by atoms with van der Waals surface area (Å²) in [7, 11) is 0. The van der Waals surface area contributed by atoms with Gasteiger partial charge in [0.15, 0.2) is 0 Å². The highest BCUT2D eigenvalue weighted by atomic mass is 35.5. The molecular formula is C31H39Cl3N4. The van der Waals surface area contributed by atoms with Gasteiger partial charge in [-0.2, -0.15) is 0 Å². The fraction of sp³-hybridized carbons (Fsp3) is 0.419. The normalized spacial score (nSPS) is 15.5. The zero-order chi connectivity index (χ0) is 23.8. The summed E-state index contributed by atoms with van der Waals surface area (Å²) in [4.78, 5) is 14.9. The largest absolute Gasteiger partial charge is 0.357 e. The summed E-state index contributed by atoms with van der Waals surface area (Å²) in [5.74, 6) is 2.28. The first-order valence-electron chi connectivity index (χ1n) is 13.4. The molecule has 6 rings (SSSR count). The highest BCUT2D eigenvalue weighted by molar-refractivity contribution is 5.86. The van der Waals surface area contributed by atoms with Crippen LogP contribution in [-0.4, -0.2) is 36.1 Å². The lowest BCUT2D eigenvalue weighted by molar-refractivity contribution is 0.574. The Labute approximate surface area is 245 Å². The maximum atomic E-state index is 5.02. The summed E-state index contributed by atoms with van der Waals surface area (Å²) in [6.45, 7) is 8.98. The highest BCUT2D eigenvalue weighted by Crippen LogP contribution is 2.29. The lowest BCUT2D eigenvalue weighted by Gasteiger charge is -2.28. The Morgan fingerprint density at radius 3 is 1.34 bits per heavy atom. The van der Waals surface area contributed by atoms with Crippen LogP contribution in [0.1, 0.15) is 60.8 Å². The van der Waals surface area contributed by atoms with Gasteiger partial charge >= 0.3 is 0 Å². The minimum atomic E-state index is 0. The van der Waals surface area contributed by atoms with Crippen molar-refractivity contribution < 1.29 is 0 Å². The van der Waals surface area contributed by atoms with Crippen molar-refractivity contribution in [3.63, 3.8) is 0 Å². The van der Waals surface area contributed by atoms with Crippen LogP contribution in [-0.2, 0) is 6.42 Å². The third-order valence-corrected chi connectivity index (χ3v) is 7.90. The predicted molar refractivity (Wildman–Crippen MR) is 170 cm³/mol. The first-order chi connectivity index (χ1) is 17.1. The lowest BCUT2D eigenvalue weighted by Crippen LogP contribution is -2.30. The number of pyridine rings is 2. The molecule has 0 bridgehead atoms. The van der Waals surface area contributed by atoms with E-state index in [9.17, 15) is 0 Å². The maximum absolute atomic E-state index is 5.02. The average Bonchev–Trinajstić information content (AvgIpc) is 2.90.